The van der Waals surface area contributed by atoms with Gasteiger partial charge >= 0.3 is 0 Å². The smallest absolute Gasteiger partial charge is 0.186 e. The van der Waals surface area contributed by atoms with Crippen molar-refractivity contribution in [1.29, 1.82) is 0 Å². The second-order valence-corrected chi connectivity index (χ2v) is 6.61. The van der Waals surface area contributed by atoms with E-state index in [4.69, 9.17) is 4.74 Å². The van der Waals surface area contributed by atoms with Gasteiger partial charge in [0.2, 0.25) is 0 Å². The Hall–Kier alpha value is -2.77. The Bertz CT molecular complexity index is 979. The fraction of sp³-hybridized carbons (Fsp3) is 0.211. The van der Waals surface area contributed by atoms with Gasteiger partial charge in [-0.15, -0.1) is 15.3 Å². The molecule has 6 nitrogen and oxygen atoms in total. The van der Waals surface area contributed by atoms with Crippen LogP contribution in [-0.4, -0.2) is 26.4 Å². The van der Waals surface area contributed by atoms with E-state index in [1.165, 1.54) is 11.1 Å². The Kier molecular flexibility index (Phi) is 4.90. The van der Waals surface area contributed by atoms with Crippen LogP contribution in [0.25, 0.3) is 17.0 Å². The predicted octanol–water partition coefficient (Wildman–Crippen LogP) is 4.00. The number of thiophene rings is 1. The first kappa shape index (κ1) is 16.7. The molecular formula is C19H19N5OS. The number of fused-ring (bicyclic) bond motifs is 1. The van der Waals surface area contributed by atoms with E-state index >= 15 is 0 Å². The van der Waals surface area contributed by atoms with Crippen LogP contribution < -0.4 is 5.32 Å². The molecule has 3 heterocycles. The van der Waals surface area contributed by atoms with Gasteiger partial charge < -0.3 is 10.1 Å². The van der Waals surface area contributed by atoms with Gasteiger partial charge in [0.1, 0.15) is 5.82 Å². The van der Waals surface area contributed by atoms with Crippen molar-refractivity contribution >= 4 is 22.8 Å². The lowest BCUT2D eigenvalue weighted by molar-refractivity contribution is 0.134. The van der Waals surface area contributed by atoms with Crippen molar-refractivity contribution in [2.45, 2.75) is 20.1 Å². The lowest BCUT2D eigenvalue weighted by Gasteiger charge is -2.07. The largest absolute Gasteiger partial charge is 0.377 e. The summed E-state index contributed by atoms with van der Waals surface area (Å²) in [5.74, 6) is 1.54. The molecule has 3 aromatic heterocycles. The van der Waals surface area contributed by atoms with Crippen molar-refractivity contribution in [2.75, 3.05) is 11.9 Å². The minimum Gasteiger partial charge on any atom is -0.377 e. The van der Waals surface area contributed by atoms with Gasteiger partial charge in [-0.3, -0.25) is 0 Å². The van der Waals surface area contributed by atoms with Crippen LogP contribution in [0.2, 0.25) is 0 Å². The highest BCUT2D eigenvalue weighted by Gasteiger charge is 2.10. The number of aromatic nitrogens is 4. The van der Waals surface area contributed by atoms with Crippen LogP contribution in [0.15, 0.2) is 53.2 Å². The highest BCUT2D eigenvalue weighted by atomic mass is 32.1. The number of nitrogens with zero attached hydrogens (tertiary/aromatic N) is 4. The first-order chi connectivity index (χ1) is 12.8. The highest BCUT2D eigenvalue weighted by Crippen LogP contribution is 2.21. The third-order valence-electron chi connectivity index (χ3n) is 4.01. The maximum absolute atomic E-state index is 5.42. The molecular weight excluding hydrogens is 346 g/mol. The number of hydrogen-bond donors (Lipinski definition) is 1. The summed E-state index contributed by atoms with van der Waals surface area (Å²) in [5, 5.41) is 20.5. The number of hydrogen-bond acceptors (Lipinski definition) is 6. The zero-order valence-corrected chi connectivity index (χ0v) is 15.2. The molecule has 0 aliphatic carbocycles. The molecule has 0 bridgehead atoms. The summed E-state index contributed by atoms with van der Waals surface area (Å²) in [7, 11) is 0. The normalized spacial score (nSPS) is 11.1. The minimum absolute atomic E-state index is 0.654. The van der Waals surface area contributed by atoms with Crippen molar-refractivity contribution in [3.05, 3.63) is 64.4 Å². The van der Waals surface area contributed by atoms with E-state index in [2.05, 4.69) is 44.9 Å². The van der Waals surface area contributed by atoms with Gasteiger partial charge in [-0.1, -0.05) is 24.3 Å². The fourth-order valence-corrected chi connectivity index (χ4v) is 3.26. The van der Waals surface area contributed by atoms with Crippen LogP contribution in [0, 0.1) is 0 Å². The van der Waals surface area contributed by atoms with Crippen molar-refractivity contribution in [1.82, 2.24) is 19.8 Å². The molecule has 0 spiro atoms. The third-order valence-corrected chi connectivity index (χ3v) is 4.69. The van der Waals surface area contributed by atoms with Gasteiger partial charge in [-0.25, -0.2) is 0 Å². The third kappa shape index (κ3) is 3.58. The zero-order chi connectivity index (χ0) is 17.8. The van der Waals surface area contributed by atoms with Crippen LogP contribution in [0.4, 0.5) is 5.82 Å². The average molecular weight is 365 g/mol. The molecule has 0 aliphatic rings. The molecule has 26 heavy (non-hydrogen) atoms. The van der Waals surface area contributed by atoms with Crippen LogP contribution in [0.5, 0.6) is 0 Å². The first-order valence-corrected chi connectivity index (χ1v) is 9.42. The number of rotatable bonds is 7. The quantitative estimate of drug-likeness (QED) is 0.536. The van der Waals surface area contributed by atoms with Gasteiger partial charge in [-0.05, 0) is 41.6 Å². The summed E-state index contributed by atoms with van der Waals surface area (Å²) in [6.45, 7) is 4.08. The molecule has 1 aromatic carbocycles. The summed E-state index contributed by atoms with van der Waals surface area (Å²) in [5.41, 5.74) is 4.13. The van der Waals surface area contributed by atoms with Crippen molar-refractivity contribution < 1.29 is 4.74 Å². The predicted molar refractivity (Wildman–Crippen MR) is 103 cm³/mol. The summed E-state index contributed by atoms with van der Waals surface area (Å²) in [4.78, 5) is 0. The van der Waals surface area contributed by atoms with Crippen LogP contribution in [0.3, 0.4) is 0 Å². The minimum atomic E-state index is 0.654. The Morgan fingerprint density at radius 1 is 1.04 bits per heavy atom. The summed E-state index contributed by atoms with van der Waals surface area (Å²) >= 11 is 1.63. The van der Waals surface area contributed by atoms with Gasteiger partial charge in [0, 0.05) is 24.1 Å². The molecule has 4 rings (SSSR count). The maximum Gasteiger partial charge on any atom is 0.186 e. The van der Waals surface area contributed by atoms with Gasteiger partial charge in [-0.2, -0.15) is 15.9 Å². The van der Waals surface area contributed by atoms with Gasteiger partial charge in [0.25, 0.3) is 0 Å². The van der Waals surface area contributed by atoms with E-state index in [0.29, 0.717) is 13.2 Å². The van der Waals surface area contributed by atoms with Crippen molar-refractivity contribution in [3.63, 3.8) is 0 Å². The molecule has 0 fully saturated rings. The van der Waals surface area contributed by atoms with Crippen LogP contribution >= 0.6 is 11.3 Å². The lowest BCUT2D eigenvalue weighted by atomic mass is 10.1. The Labute approximate surface area is 155 Å². The molecule has 0 atom stereocenters. The highest BCUT2D eigenvalue weighted by molar-refractivity contribution is 7.08. The summed E-state index contributed by atoms with van der Waals surface area (Å²) in [6.07, 6.45) is 0. The molecule has 132 valence electrons. The van der Waals surface area contributed by atoms with E-state index in [-0.39, 0.29) is 0 Å². The second kappa shape index (κ2) is 7.63. The zero-order valence-electron chi connectivity index (χ0n) is 14.4. The molecule has 0 saturated heterocycles. The number of nitrogens with one attached hydrogen (secondary N) is 1. The van der Waals surface area contributed by atoms with Crippen molar-refractivity contribution in [3.8, 4) is 11.4 Å². The molecule has 0 saturated carbocycles. The summed E-state index contributed by atoms with van der Waals surface area (Å²) < 4.78 is 7.20. The number of benzene rings is 1. The average Bonchev–Trinajstić information content (AvgIpc) is 3.34. The molecule has 7 heteroatoms. The van der Waals surface area contributed by atoms with E-state index in [0.717, 1.165) is 29.5 Å². The van der Waals surface area contributed by atoms with E-state index in [9.17, 15) is 0 Å². The van der Waals surface area contributed by atoms with Gasteiger partial charge in [0.15, 0.2) is 11.5 Å². The van der Waals surface area contributed by atoms with E-state index < -0.39 is 0 Å². The molecule has 0 unspecified atom stereocenters. The SMILES string of the molecule is CCOCc1ccc(CNc2ccc3nnc(-c4ccsc4)n3n2)cc1. The molecule has 4 aromatic rings. The maximum atomic E-state index is 5.42. The van der Waals surface area contributed by atoms with Gasteiger partial charge in [0.05, 0.1) is 6.61 Å². The topological polar surface area (TPSA) is 64.3 Å². The second-order valence-electron chi connectivity index (χ2n) is 5.83. The Balaban J connectivity index is 1.48. The standard InChI is InChI=1S/C19H19N5OS/c1-2-25-12-15-5-3-14(4-6-15)11-20-17-7-8-18-21-22-19(24(18)23-17)16-9-10-26-13-16/h3-10,13H,2,11-12H2,1H3,(H,20,23). The fourth-order valence-electron chi connectivity index (χ4n) is 2.62. The van der Waals surface area contributed by atoms with Crippen LogP contribution in [0.1, 0.15) is 18.1 Å². The molecule has 1 N–H and O–H groups in total. The van der Waals surface area contributed by atoms with E-state index in [1.54, 1.807) is 15.9 Å². The van der Waals surface area contributed by atoms with Crippen molar-refractivity contribution in [2.24, 2.45) is 0 Å². The Morgan fingerprint density at radius 3 is 2.65 bits per heavy atom. The van der Waals surface area contributed by atoms with E-state index in [1.807, 2.05) is 35.9 Å². The molecule has 0 radical (unpaired) electrons. The molecule has 0 aliphatic heterocycles. The summed E-state index contributed by atoms with van der Waals surface area (Å²) in [6, 6.07) is 14.3. The number of anilines is 1. The molecule has 0 amide bonds. The number of ether oxygens (including phenoxy) is 1. The first-order valence-electron chi connectivity index (χ1n) is 8.48. The lowest BCUT2D eigenvalue weighted by Crippen LogP contribution is -2.05. The Morgan fingerprint density at radius 2 is 1.88 bits per heavy atom. The van der Waals surface area contributed by atoms with Crippen LogP contribution in [-0.2, 0) is 17.9 Å². The monoisotopic (exact) mass is 365 g/mol.